The van der Waals surface area contributed by atoms with Crippen LogP contribution in [0.3, 0.4) is 0 Å². The van der Waals surface area contributed by atoms with Crippen molar-refractivity contribution in [1.29, 1.82) is 0 Å². The monoisotopic (exact) mass is 653 g/mol. The zero-order valence-electron chi connectivity index (χ0n) is 29.4. The van der Waals surface area contributed by atoms with E-state index in [1.54, 1.807) is 20.8 Å². The Morgan fingerprint density at radius 3 is 1.30 bits per heavy atom. The summed E-state index contributed by atoms with van der Waals surface area (Å²) in [5.41, 5.74) is -7.42. The molecular formula is C30H47N5O11. The maximum absolute atomic E-state index is 13.6. The van der Waals surface area contributed by atoms with E-state index in [4.69, 9.17) is 23.7 Å². The number of anilines is 1. The number of amidine groups is 1. The number of imide groups is 2. The van der Waals surface area contributed by atoms with E-state index in [2.05, 4.69) is 15.0 Å². The number of hydrogen-bond acceptors (Lipinski definition) is 12. The van der Waals surface area contributed by atoms with Crippen molar-refractivity contribution in [2.45, 2.75) is 132 Å². The van der Waals surface area contributed by atoms with Crippen LogP contribution in [0.15, 0.2) is 16.0 Å². The van der Waals surface area contributed by atoms with Gasteiger partial charge >= 0.3 is 36.2 Å². The van der Waals surface area contributed by atoms with Crippen molar-refractivity contribution in [3.63, 3.8) is 0 Å². The average Bonchev–Trinajstić information content (AvgIpc) is 2.72. The molecule has 1 aromatic rings. The van der Waals surface area contributed by atoms with Gasteiger partial charge in [-0.25, -0.2) is 33.8 Å². The van der Waals surface area contributed by atoms with Gasteiger partial charge in [-0.2, -0.15) is 14.8 Å². The summed E-state index contributed by atoms with van der Waals surface area (Å²) in [5, 5.41) is 0. The van der Waals surface area contributed by atoms with Gasteiger partial charge in [-0.15, -0.1) is 0 Å². The first-order valence-electron chi connectivity index (χ1n) is 14.3. The van der Waals surface area contributed by atoms with Crippen LogP contribution in [0.4, 0.5) is 29.8 Å². The predicted molar refractivity (Wildman–Crippen MR) is 167 cm³/mol. The zero-order chi connectivity index (χ0) is 36.2. The first-order chi connectivity index (χ1) is 20.4. The number of nitrogens with one attached hydrogen (secondary N) is 1. The van der Waals surface area contributed by atoms with Gasteiger partial charge in [0, 0.05) is 6.20 Å². The maximum Gasteiger partial charge on any atom is 0.436 e. The third-order valence-corrected chi connectivity index (χ3v) is 4.36. The normalized spacial score (nSPS) is 12.9. The number of aromatic amines is 1. The maximum atomic E-state index is 13.6. The number of aliphatic imine (C=N–C) groups is 1. The zero-order valence-corrected chi connectivity index (χ0v) is 29.4. The van der Waals surface area contributed by atoms with Crippen LogP contribution in [0.5, 0.6) is 0 Å². The molecule has 0 fully saturated rings. The molecule has 0 aliphatic heterocycles. The van der Waals surface area contributed by atoms with Crippen LogP contribution in [-0.2, 0) is 23.7 Å². The molecule has 0 saturated carbocycles. The van der Waals surface area contributed by atoms with E-state index in [9.17, 15) is 28.8 Å². The van der Waals surface area contributed by atoms with Crippen LogP contribution in [0, 0.1) is 0 Å². The number of H-pyrrole nitrogens is 1. The van der Waals surface area contributed by atoms with Crippen LogP contribution in [0.2, 0.25) is 0 Å². The highest BCUT2D eigenvalue weighted by Crippen LogP contribution is 2.26. The summed E-state index contributed by atoms with van der Waals surface area (Å²) in [7, 11) is 0. The minimum Gasteiger partial charge on any atom is -0.443 e. The van der Waals surface area contributed by atoms with Crippen molar-refractivity contribution >= 4 is 42.1 Å². The smallest absolute Gasteiger partial charge is 0.436 e. The molecule has 0 spiro atoms. The van der Waals surface area contributed by atoms with Crippen molar-refractivity contribution in [3.8, 4) is 0 Å². The number of rotatable bonds is 2. The number of amides is 5. The van der Waals surface area contributed by atoms with E-state index in [0.29, 0.717) is 4.90 Å². The van der Waals surface area contributed by atoms with Crippen LogP contribution >= 0.6 is 0 Å². The van der Waals surface area contributed by atoms with Crippen molar-refractivity contribution < 1.29 is 47.7 Å². The molecule has 46 heavy (non-hydrogen) atoms. The number of hydrogen-bond donors (Lipinski definition) is 1. The highest BCUT2D eigenvalue weighted by Gasteiger charge is 2.41. The van der Waals surface area contributed by atoms with Gasteiger partial charge in [0.25, 0.3) is 0 Å². The molecule has 0 radical (unpaired) electrons. The molecule has 1 N–H and O–H groups in total. The number of ether oxygens (including phenoxy) is 5. The number of carbonyl (C=O) groups excluding carboxylic acids is 5. The van der Waals surface area contributed by atoms with E-state index in [0.717, 1.165) is 6.20 Å². The van der Waals surface area contributed by atoms with Crippen molar-refractivity contribution in [2.24, 2.45) is 4.99 Å². The van der Waals surface area contributed by atoms with Gasteiger partial charge in [-0.3, -0.25) is 4.98 Å². The Balaban J connectivity index is 4.33. The van der Waals surface area contributed by atoms with Crippen LogP contribution in [0.25, 0.3) is 0 Å². The van der Waals surface area contributed by atoms with Crippen LogP contribution in [-0.4, -0.2) is 79.2 Å². The first kappa shape index (κ1) is 39.5. The second-order valence-electron chi connectivity index (χ2n) is 15.0. The van der Waals surface area contributed by atoms with E-state index < -0.39 is 81.4 Å². The molecule has 16 heteroatoms. The molecule has 0 unspecified atom stereocenters. The SMILES string of the molecule is CC(C)(C)OC(=O)/N=C(/c1cnc(=O)[nH]c1N(C(=O)OC(C)(C)C)C(=O)OC(C)(C)C)N(C(=O)OC(C)(C)C)C(=O)OC(C)(C)C. The average molecular weight is 654 g/mol. The standard InChI is InChI=1S/C30H47N5O11/c1-26(2,3)42-21(37)33-19(35(24(40)45-29(10,11)12)25(41)46-30(13,14)15)17-16-31-20(36)32-18(17)34(22(38)43-27(4,5)6)23(39)44-28(7,8)9/h16H,1-15H3,(H,31,32,36)/b33-19-. The minimum atomic E-state index is -1.37. The lowest BCUT2D eigenvalue weighted by Crippen LogP contribution is -2.49. The van der Waals surface area contributed by atoms with Crippen LogP contribution < -0.4 is 10.6 Å². The van der Waals surface area contributed by atoms with E-state index >= 15 is 0 Å². The molecule has 0 aliphatic rings. The van der Waals surface area contributed by atoms with Gasteiger partial charge in [0.2, 0.25) is 0 Å². The fourth-order valence-corrected chi connectivity index (χ4v) is 3.06. The van der Waals surface area contributed by atoms with Crippen molar-refractivity contribution in [3.05, 3.63) is 22.2 Å². The fraction of sp³-hybridized carbons (Fsp3) is 0.667. The van der Waals surface area contributed by atoms with Gasteiger partial charge in [0.05, 0.1) is 5.56 Å². The Bertz CT molecular complexity index is 1360. The van der Waals surface area contributed by atoms with Gasteiger partial charge in [-0.05, 0) is 104 Å². The highest BCUT2D eigenvalue weighted by atomic mass is 16.6. The third-order valence-electron chi connectivity index (χ3n) is 4.36. The number of carbonyl (C=O) groups is 5. The van der Waals surface area contributed by atoms with Gasteiger partial charge < -0.3 is 23.7 Å². The van der Waals surface area contributed by atoms with E-state index in [1.807, 2.05) is 0 Å². The Labute approximate surface area is 268 Å². The summed E-state index contributed by atoms with van der Waals surface area (Å²) in [6, 6.07) is 0. The first-order valence-corrected chi connectivity index (χ1v) is 14.3. The Morgan fingerprint density at radius 1 is 0.609 bits per heavy atom. The molecular weight excluding hydrogens is 606 g/mol. The summed E-state index contributed by atoms with van der Waals surface area (Å²) in [6.45, 7) is 22.9. The molecule has 0 aliphatic carbocycles. The number of nitrogens with zero attached hydrogens (tertiary/aromatic N) is 4. The highest BCUT2D eigenvalue weighted by molar-refractivity contribution is 6.22. The topological polar surface area (TPSA) is 196 Å². The third kappa shape index (κ3) is 13.6. The quantitative estimate of drug-likeness (QED) is 0.213. The molecule has 0 saturated heterocycles. The molecule has 0 aromatic carbocycles. The molecule has 1 aromatic heterocycles. The molecule has 1 heterocycles. The second-order valence-corrected chi connectivity index (χ2v) is 15.0. The molecule has 0 bridgehead atoms. The molecule has 16 nitrogen and oxygen atoms in total. The van der Waals surface area contributed by atoms with Crippen molar-refractivity contribution in [1.82, 2.24) is 14.9 Å². The lowest BCUT2D eigenvalue weighted by atomic mass is 10.2. The lowest BCUT2D eigenvalue weighted by molar-refractivity contribution is 0.0147. The van der Waals surface area contributed by atoms with Crippen molar-refractivity contribution in [2.75, 3.05) is 4.90 Å². The molecule has 0 atom stereocenters. The molecule has 5 amide bonds. The summed E-state index contributed by atoms with van der Waals surface area (Å²) in [5.74, 6) is -1.60. The van der Waals surface area contributed by atoms with Gasteiger partial charge in [0.15, 0.2) is 5.84 Å². The van der Waals surface area contributed by atoms with E-state index in [1.165, 1.54) is 83.1 Å². The largest absolute Gasteiger partial charge is 0.443 e. The Hall–Kier alpha value is -4.50. The lowest BCUT2D eigenvalue weighted by Gasteiger charge is -2.31. The summed E-state index contributed by atoms with van der Waals surface area (Å²) >= 11 is 0. The van der Waals surface area contributed by atoms with Crippen LogP contribution in [0.1, 0.15) is 109 Å². The number of aromatic nitrogens is 2. The summed E-state index contributed by atoms with van der Waals surface area (Å²) in [4.78, 5) is 90.3. The molecule has 258 valence electrons. The second kappa shape index (κ2) is 13.9. The fourth-order valence-electron chi connectivity index (χ4n) is 3.06. The molecule has 1 rings (SSSR count). The summed E-state index contributed by atoms with van der Waals surface area (Å²) in [6.07, 6.45) is -5.94. The Morgan fingerprint density at radius 2 is 0.957 bits per heavy atom. The Kier molecular flexibility index (Phi) is 11.9. The minimum absolute atomic E-state index is 0.252. The van der Waals surface area contributed by atoms with Gasteiger partial charge in [-0.1, -0.05) is 0 Å². The van der Waals surface area contributed by atoms with E-state index in [-0.39, 0.29) is 4.90 Å². The predicted octanol–water partition coefficient (Wildman–Crippen LogP) is 6.30. The summed E-state index contributed by atoms with van der Waals surface area (Å²) < 4.78 is 27.0. The van der Waals surface area contributed by atoms with Gasteiger partial charge in [0.1, 0.15) is 33.8 Å².